The van der Waals surface area contributed by atoms with Crippen molar-refractivity contribution in [2.45, 2.75) is 6.54 Å². The van der Waals surface area contributed by atoms with Crippen LogP contribution in [-0.2, 0) is 11.3 Å². The van der Waals surface area contributed by atoms with Crippen LogP contribution in [0.25, 0.3) is 6.08 Å². The monoisotopic (exact) mass is 311 g/mol. The molecule has 3 rings (SSSR count). The van der Waals surface area contributed by atoms with Crippen molar-refractivity contribution >= 4 is 12.0 Å². The van der Waals surface area contributed by atoms with Crippen LogP contribution in [-0.4, -0.2) is 19.8 Å². The SMILES string of the molecule is COc1ccc(CNC(=O)C=Cc2ccc3c(c2)OCO3)cc1. The first-order valence-electron chi connectivity index (χ1n) is 7.23. The minimum Gasteiger partial charge on any atom is -0.497 e. The lowest BCUT2D eigenvalue weighted by atomic mass is 10.2. The van der Waals surface area contributed by atoms with Crippen LogP contribution in [0.15, 0.2) is 48.5 Å². The van der Waals surface area contributed by atoms with Crippen molar-refractivity contribution in [1.82, 2.24) is 5.32 Å². The maximum atomic E-state index is 11.9. The van der Waals surface area contributed by atoms with Gasteiger partial charge in [-0.3, -0.25) is 4.79 Å². The summed E-state index contributed by atoms with van der Waals surface area (Å²) in [4.78, 5) is 11.9. The molecule has 1 aliphatic rings. The van der Waals surface area contributed by atoms with E-state index in [-0.39, 0.29) is 12.7 Å². The summed E-state index contributed by atoms with van der Waals surface area (Å²) in [6.07, 6.45) is 3.24. The number of amides is 1. The van der Waals surface area contributed by atoms with E-state index >= 15 is 0 Å². The summed E-state index contributed by atoms with van der Waals surface area (Å²) in [7, 11) is 1.62. The molecule has 0 saturated heterocycles. The molecule has 23 heavy (non-hydrogen) atoms. The second kappa shape index (κ2) is 6.87. The van der Waals surface area contributed by atoms with Crippen molar-refractivity contribution in [3.63, 3.8) is 0 Å². The Bertz CT molecular complexity index is 722. The molecule has 2 aromatic carbocycles. The molecule has 0 saturated carbocycles. The van der Waals surface area contributed by atoms with Gasteiger partial charge >= 0.3 is 0 Å². The molecule has 118 valence electrons. The molecule has 0 bridgehead atoms. The van der Waals surface area contributed by atoms with E-state index in [2.05, 4.69) is 5.32 Å². The molecule has 0 atom stereocenters. The highest BCUT2D eigenvalue weighted by Gasteiger charge is 2.12. The van der Waals surface area contributed by atoms with Gasteiger partial charge in [-0.1, -0.05) is 18.2 Å². The van der Waals surface area contributed by atoms with Crippen molar-refractivity contribution in [1.29, 1.82) is 0 Å². The summed E-state index contributed by atoms with van der Waals surface area (Å²) < 4.78 is 15.6. The number of rotatable bonds is 5. The molecule has 0 unspecified atom stereocenters. The molecule has 0 radical (unpaired) electrons. The molecule has 1 amide bonds. The van der Waals surface area contributed by atoms with Crippen LogP contribution >= 0.6 is 0 Å². The van der Waals surface area contributed by atoms with Crippen LogP contribution in [0.5, 0.6) is 17.2 Å². The van der Waals surface area contributed by atoms with Crippen molar-refractivity contribution < 1.29 is 19.0 Å². The molecule has 1 heterocycles. The Morgan fingerprint density at radius 2 is 1.96 bits per heavy atom. The fourth-order valence-electron chi connectivity index (χ4n) is 2.18. The van der Waals surface area contributed by atoms with Gasteiger partial charge in [-0.2, -0.15) is 0 Å². The lowest BCUT2D eigenvalue weighted by molar-refractivity contribution is -0.116. The first-order chi connectivity index (χ1) is 11.2. The zero-order valence-electron chi connectivity index (χ0n) is 12.7. The van der Waals surface area contributed by atoms with Gasteiger partial charge in [0, 0.05) is 12.6 Å². The number of nitrogens with one attached hydrogen (secondary N) is 1. The van der Waals surface area contributed by atoms with Crippen LogP contribution in [0.3, 0.4) is 0 Å². The molecule has 5 nitrogen and oxygen atoms in total. The largest absolute Gasteiger partial charge is 0.497 e. The standard InChI is InChI=1S/C18H17NO4/c1-21-15-6-2-14(3-7-15)11-19-18(20)9-5-13-4-8-16-17(10-13)23-12-22-16/h2-10H,11-12H2,1H3,(H,19,20). The number of methoxy groups -OCH3 is 1. The summed E-state index contributed by atoms with van der Waals surface area (Å²) in [5.74, 6) is 2.07. The quantitative estimate of drug-likeness (QED) is 0.863. The zero-order chi connectivity index (χ0) is 16.1. The lowest BCUT2D eigenvalue weighted by Gasteiger charge is -2.04. The minimum atomic E-state index is -0.154. The van der Waals surface area contributed by atoms with E-state index in [0.717, 1.165) is 22.6 Å². The molecule has 2 aromatic rings. The first-order valence-corrected chi connectivity index (χ1v) is 7.23. The number of benzene rings is 2. The predicted molar refractivity (Wildman–Crippen MR) is 86.4 cm³/mol. The van der Waals surface area contributed by atoms with Crippen molar-refractivity contribution in [2.24, 2.45) is 0 Å². The van der Waals surface area contributed by atoms with E-state index in [1.165, 1.54) is 6.08 Å². The third kappa shape index (κ3) is 3.83. The number of hydrogen-bond acceptors (Lipinski definition) is 4. The molecular formula is C18H17NO4. The Morgan fingerprint density at radius 3 is 2.74 bits per heavy atom. The van der Waals surface area contributed by atoms with Crippen LogP contribution in [0.2, 0.25) is 0 Å². The number of carbonyl (C=O) groups excluding carboxylic acids is 1. The fraction of sp³-hybridized carbons (Fsp3) is 0.167. The van der Waals surface area contributed by atoms with Gasteiger partial charge in [0.2, 0.25) is 12.7 Å². The van der Waals surface area contributed by atoms with Crippen molar-refractivity contribution in [2.75, 3.05) is 13.9 Å². The fourth-order valence-corrected chi connectivity index (χ4v) is 2.18. The molecular weight excluding hydrogens is 294 g/mol. The van der Waals surface area contributed by atoms with Crippen molar-refractivity contribution in [3.05, 3.63) is 59.7 Å². The third-order valence-corrected chi connectivity index (χ3v) is 3.45. The van der Waals surface area contributed by atoms with Crippen LogP contribution in [0.1, 0.15) is 11.1 Å². The van der Waals surface area contributed by atoms with E-state index in [1.54, 1.807) is 13.2 Å². The van der Waals surface area contributed by atoms with Gasteiger partial charge in [0.15, 0.2) is 11.5 Å². The molecule has 0 aliphatic carbocycles. The number of hydrogen-bond donors (Lipinski definition) is 1. The van der Waals surface area contributed by atoms with Gasteiger partial charge in [-0.15, -0.1) is 0 Å². The second-order valence-electron chi connectivity index (χ2n) is 5.01. The van der Waals surface area contributed by atoms with Gasteiger partial charge in [-0.05, 0) is 41.5 Å². The van der Waals surface area contributed by atoms with Crippen LogP contribution < -0.4 is 19.5 Å². The maximum absolute atomic E-state index is 11.9. The van der Waals surface area contributed by atoms with Crippen LogP contribution in [0.4, 0.5) is 0 Å². The Hall–Kier alpha value is -2.95. The Kier molecular flexibility index (Phi) is 4.47. The Morgan fingerprint density at radius 1 is 1.17 bits per heavy atom. The average molecular weight is 311 g/mol. The predicted octanol–water partition coefficient (Wildman–Crippen LogP) is 2.75. The van der Waals surface area contributed by atoms with E-state index in [4.69, 9.17) is 14.2 Å². The van der Waals surface area contributed by atoms with Gasteiger partial charge in [0.05, 0.1) is 7.11 Å². The van der Waals surface area contributed by atoms with E-state index < -0.39 is 0 Å². The maximum Gasteiger partial charge on any atom is 0.244 e. The first kappa shape index (κ1) is 15.0. The Labute approximate surface area is 134 Å². The molecule has 5 heteroatoms. The van der Waals surface area contributed by atoms with Gasteiger partial charge in [0.25, 0.3) is 0 Å². The number of fused-ring (bicyclic) bond motifs is 1. The van der Waals surface area contributed by atoms with Crippen LogP contribution in [0, 0.1) is 0 Å². The van der Waals surface area contributed by atoms with Crippen molar-refractivity contribution in [3.8, 4) is 17.2 Å². The zero-order valence-corrected chi connectivity index (χ0v) is 12.7. The van der Waals surface area contributed by atoms with E-state index in [1.807, 2.05) is 42.5 Å². The Balaban J connectivity index is 1.54. The number of carbonyl (C=O) groups is 1. The third-order valence-electron chi connectivity index (χ3n) is 3.45. The summed E-state index contributed by atoms with van der Waals surface area (Å²) in [5.41, 5.74) is 1.89. The van der Waals surface area contributed by atoms with Gasteiger partial charge < -0.3 is 19.5 Å². The molecule has 0 fully saturated rings. The molecule has 0 spiro atoms. The average Bonchev–Trinajstić information content (AvgIpc) is 3.06. The second-order valence-corrected chi connectivity index (χ2v) is 5.01. The highest BCUT2D eigenvalue weighted by molar-refractivity contribution is 5.91. The minimum absolute atomic E-state index is 0.154. The normalized spacial score (nSPS) is 12.4. The van der Waals surface area contributed by atoms with Gasteiger partial charge in [0.1, 0.15) is 5.75 Å². The summed E-state index contributed by atoms with van der Waals surface area (Å²) in [6, 6.07) is 13.1. The highest BCUT2D eigenvalue weighted by Crippen LogP contribution is 2.32. The lowest BCUT2D eigenvalue weighted by Crippen LogP contribution is -2.20. The smallest absolute Gasteiger partial charge is 0.244 e. The van der Waals surface area contributed by atoms with Gasteiger partial charge in [-0.25, -0.2) is 0 Å². The summed E-state index contributed by atoms with van der Waals surface area (Å²) in [6.45, 7) is 0.707. The summed E-state index contributed by atoms with van der Waals surface area (Å²) in [5, 5.41) is 2.84. The molecule has 0 aromatic heterocycles. The van der Waals surface area contributed by atoms with E-state index in [0.29, 0.717) is 12.3 Å². The molecule has 1 aliphatic heterocycles. The number of ether oxygens (including phenoxy) is 3. The topological polar surface area (TPSA) is 56.8 Å². The summed E-state index contributed by atoms with van der Waals surface area (Å²) >= 11 is 0. The highest BCUT2D eigenvalue weighted by atomic mass is 16.7. The van der Waals surface area contributed by atoms with E-state index in [9.17, 15) is 4.79 Å². The molecule has 1 N–H and O–H groups in total.